The van der Waals surface area contributed by atoms with Gasteiger partial charge in [0.2, 0.25) is 0 Å². The van der Waals surface area contributed by atoms with Gasteiger partial charge in [-0.3, -0.25) is 0 Å². The molecule has 0 amide bonds. The minimum absolute atomic E-state index is 0.266. The molecular weight excluding hydrogens is 356 g/mol. The van der Waals surface area contributed by atoms with Crippen LogP contribution in [0.15, 0.2) is 67.0 Å². The van der Waals surface area contributed by atoms with Gasteiger partial charge in [-0.15, -0.1) is 0 Å². The SMILES string of the molecule is CCOc1ccc2c(-c3cc4cc(Cl)ccc4oc3=O)cc(=O)oc2c1. The summed E-state index contributed by atoms with van der Waals surface area (Å²) < 4.78 is 16.1. The van der Waals surface area contributed by atoms with E-state index in [4.69, 9.17) is 25.2 Å². The maximum absolute atomic E-state index is 12.5. The van der Waals surface area contributed by atoms with E-state index in [1.165, 1.54) is 6.07 Å². The van der Waals surface area contributed by atoms with Crippen LogP contribution >= 0.6 is 11.6 Å². The molecule has 0 saturated heterocycles. The molecule has 2 aromatic carbocycles. The van der Waals surface area contributed by atoms with E-state index in [1.54, 1.807) is 42.5 Å². The predicted octanol–water partition coefficient (Wildman–Crippen LogP) is 4.62. The topological polar surface area (TPSA) is 69.7 Å². The molecule has 4 rings (SSSR count). The molecule has 0 fully saturated rings. The molecule has 130 valence electrons. The standard InChI is InChI=1S/C20H13ClO5/c1-2-24-13-4-5-14-15(10-19(22)25-18(14)9-13)16-8-11-7-12(21)3-6-17(11)26-20(16)23/h3-10H,2H2,1H3. The molecule has 0 radical (unpaired) electrons. The molecule has 0 saturated carbocycles. The highest BCUT2D eigenvalue weighted by Gasteiger charge is 2.14. The van der Waals surface area contributed by atoms with E-state index in [0.29, 0.717) is 44.9 Å². The van der Waals surface area contributed by atoms with Crippen LogP contribution < -0.4 is 16.0 Å². The van der Waals surface area contributed by atoms with E-state index < -0.39 is 11.3 Å². The van der Waals surface area contributed by atoms with Gasteiger partial charge in [0.15, 0.2) is 0 Å². The molecule has 0 bridgehead atoms. The number of hydrogen-bond donors (Lipinski definition) is 0. The van der Waals surface area contributed by atoms with E-state index in [9.17, 15) is 9.59 Å². The Kier molecular flexibility index (Phi) is 4.01. The third-order valence-corrected chi connectivity index (χ3v) is 4.25. The molecule has 6 heteroatoms. The van der Waals surface area contributed by atoms with Crippen molar-refractivity contribution in [1.82, 2.24) is 0 Å². The van der Waals surface area contributed by atoms with Gasteiger partial charge in [0, 0.05) is 33.5 Å². The van der Waals surface area contributed by atoms with Crippen LogP contribution in [-0.4, -0.2) is 6.61 Å². The van der Waals surface area contributed by atoms with Gasteiger partial charge in [-0.25, -0.2) is 9.59 Å². The van der Waals surface area contributed by atoms with Gasteiger partial charge < -0.3 is 13.6 Å². The minimum Gasteiger partial charge on any atom is -0.494 e. The maximum Gasteiger partial charge on any atom is 0.344 e. The molecule has 26 heavy (non-hydrogen) atoms. The van der Waals surface area contributed by atoms with Crippen molar-refractivity contribution in [2.45, 2.75) is 6.92 Å². The van der Waals surface area contributed by atoms with Crippen molar-refractivity contribution in [1.29, 1.82) is 0 Å². The second-order valence-corrected chi connectivity index (χ2v) is 6.14. The summed E-state index contributed by atoms with van der Waals surface area (Å²) in [5.41, 5.74) is 0.363. The fraction of sp³-hybridized carbons (Fsp3) is 0.100. The zero-order valence-electron chi connectivity index (χ0n) is 13.7. The quantitative estimate of drug-likeness (QED) is 0.493. The van der Waals surface area contributed by atoms with Gasteiger partial charge in [-0.05, 0) is 43.3 Å². The molecular formula is C20H13ClO5. The average Bonchev–Trinajstić information content (AvgIpc) is 2.61. The zero-order valence-corrected chi connectivity index (χ0v) is 14.5. The van der Waals surface area contributed by atoms with Crippen molar-refractivity contribution in [2.75, 3.05) is 6.61 Å². The lowest BCUT2D eigenvalue weighted by molar-refractivity contribution is 0.340. The van der Waals surface area contributed by atoms with Crippen LogP contribution in [0.4, 0.5) is 0 Å². The monoisotopic (exact) mass is 368 g/mol. The van der Waals surface area contributed by atoms with Gasteiger partial charge in [-0.2, -0.15) is 0 Å². The highest BCUT2D eigenvalue weighted by Crippen LogP contribution is 2.30. The van der Waals surface area contributed by atoms with E-state index in [-0.39, 0.29) is 5.56 Å². The summed E-state index contributed by atoms with van der Waals surface area (Å²) in [5.74, 6) is 0.581. The molecule has 4 aromatic rings. The van der Waals surface area contributed by atoms with E-state index in [0.717, 1.165) is 0 Å². The Labute approximate surface area is 152 Å². The smallest absolute Gasteiger partial charge is 0.344 e. The van der Waals surface area contributed by atoms with Crippen LogP contribution in [0.25, 0.3) is 33.1 Å². The van der Waals surface area contributed by atoms with Crippen molar-refractivity contribution in [3.63, 3.8) is 0 Å². The zero-order chi connectivity index (χ0) is 18.3. The summed E-state index contributed by atoms with van der Waals surface area (Å²) in [6.07, 6.45) is 0. The Morgan fingerprint density at radius 1 is 0.923 bits per heavy atom. The highest BCUT2D eigenvalue weighted by molar-refractivity contribution is 6.31. The maximum atomic E-state index is 12.5. The first-order valence-corrected chi connectivity index (χ1v) is 8.37. The number of rotatable bonds is 3. The lowest BCUT2D eigenvalue weighted by Crippen LogP contribution is -2.06. The first-order valence-electron chi connectivity index (χ1n) is 7.99. The molecule has 2 heterocycles. The average molecular weight is 369 g/mol. The van der Waals surface area contributed by atoms with Crippen LogP contribution in [0.5, 0.6) is 5.75 Å². The fourth-order valence-electron chi connectivity index (χ4n) is 2.90. The highest BCUT2D eigenvalue weighted by atomic mass is 35.5. The number of benzene rings is 2. The van der Waals surface area contributed by atoms with E-state index in [2.05, 4.69) is 0 Å². The Morgan fingerprint density at radius 3 is 2.58 bits per heavy atom. The van der Waals surface area contributed by atoms with Crippen LogP contribution in [-0.2, 0) is 0 Å². The molecule has 0 aliphatic rings. The number of ether oxygens (including phenoxy) is 1. The van der Waals surface area contributed by atoms with Crippen molar-refractivity contribution in [2.24, 2.45) is 0 Å². The minimum atomic E-state index is -0.563. The van der Waals surface area contributed by atoms with Gasteiger partial charge in [-0.1, -0.05) is 11.6 Å². The van der Waals surface area contributed by atoms with Crippen molar-refractivity contribution in [3.05, 3.63) is 74.4 Å². The first kappa shape index (κ1) is 16.4. The Hall–Kier alpha value is -3.05. The molecule has 0 aliphatic carbocycles. The number of fused-ring (bicyclic) bond motifs is 2. The lowest BCUT2D eigenvalue weighted by atomic mass is 10.0. The first-order chi connectivity index (χ1) is 12.5. The Bertz CT molecular complexity index is 1250. The summed E-state index contributed by atoms with van der Waals surface area (Å²) in [5, 5.41) is 1.80. The summed E-state index contributed by atoms with van der Waals surface area (Å²) in [6.45, 7) is 2.35. The summed E-state index contributed by atoms with van der Waals surface area (Å²) >= 11 is 6.03. The number of halogens is 1. The van der Waals surface area contributed by atoms with Crippen LogP contribution in [0.3, 0.4) is 0 Å². The van der Waals surface area contributed by atoms with E-state index >= 15 is 0 Å². The van der Waals surface area contributed by atoms with Crippen molar-refractivity contribution < 1.29 is 13.6 Å². The Morgan fingerprint density at radius 2 is 1.77 bits per heavy atom. The van der Waals surface area contributed by atoms with Gasteiger partial charge in [0.1, 0.15) is 16.9 Å². The largest absolute Gasteiger partial charge is 0.494 e. The molecule has 0 unspecified atom stereocenters. The van der Waals surface area contributed by atoms with Gasteiger partial charge >= 0.3 is 11.3 Å². The van der Waals surface area contributed by atoms with Crippen LogP contribution in [0.2, 0.25) is 5.02 Å². The third-order valence-electron chi connectivity index (χ3n) is 4.01. The van der Waals surface area contributed by atoms with E-state index in [1.807, 2.05) is 6.92 Å². The predicted molar refractivity (Wildman–Crippen MR) is 100 cm³/mol. The van der Waals surface area contributed by atoms with Crippen LogP contribution in [0.1, 0.15) is 6.92 Å². The molecule has 0 atom stereocenters. The fourth-order valence-corrected chi connectivity index (χ4v) is 3.08. The second-order valence-electron chi connectivity index (χ2n) is 5.70. The Balaban J connectivity index is 2.02. The normalized spacial score (nSPS) is 11.2. The second kappa shape index (κ2) is 6.35. The van der Waals surface area contributed by atoms with Crippen LogP contribution in [0, 0.1) is 0 Å². The summed E-state index contributed by atoms with van der Waals surface area (Å²) in [6, 6.07) is 13.1. The molecule has 0 N–H and O–H groups in total. The third kappa shape index (κ3) is 2.86. The number of hydrogen-bond acceptors (Lipinski definition) is 5. The molecule has 0 spiro atoms. The van der Waals surface area contributed by atoms with Crippen molar-refractivity contribution in [3.8, 4) is 16.9 Å². The summed E-state index contributed by atoms with van der Waals surface area (Å²) in [7, 11) is 0. The molecule has 5 nitrogen and oxygen atoms in total. The molecule has 0 aliphatic heterocycles. The van der Waals surface area contributed by atoms with Gasteiger partial charge in [0.05, 0.1) is 12.2 Å². The lowest BCUT2D eigenvalue weighted by Gasteiger charge is -2.08. The molecule has 2 aromatic heterocycles. The van der Waals surface area contributed by atoms with Crippen molar-refractivity contribution >= 4 is 33.5 Å². The van der Waals surface area contributed by atoms with Gasteiger partial charge in [0.25, 0.3) is 0 Å². The summed E-state index contributed by atoms with van der Waals surface area (Å²) in [4.78, 5) is 24.5.